The maximum atomic E-state index is 3.58. The lowest BCUT2D eigenvalue weighted by atomic mass is 10.1. The summed E-state index contributed by atoms with van der Waals surface area (Å²) in [4.78, 5) is 0. The van der Waals surface area contributed by atoms with Crippen LogP contribution in [0.2, 0.25) is 0 Å². The molecule has 2 aromatic carbocycles. The Balaban J connectivity index is 1.68. The number of nitrogens with one attached hydrogen (secondary N) is 1. The first-order chi connectivity index (χ1) is 9.34. The first kappa shape index (κ1) is 12.9. The van der Waals surface area contributed by atoms with Gasteiger partial charge in [0, 0.05) is 22.3 Å². The zero-order chi connectivity index (χ0) is 13.1. The van der Waals surface area contributed by atoms with E-state index in [0.717, 1.165) is 17.6 Å². The molecule has 3 heteroatoms. The molecule has 1 nitrogen and oxygen atoms in total. The molecule has 0 fully saturated rings. The summed E-state index contributed by atoms with van der Waals surface area (Å²) in [5, 5.41) is 7.13. The Kier molecular flexibility index (Phi) is 3.97. The van der Waals surface area contributed by atoms with Gasteiger partial charge in [0.05, 0.1) is 0 Å². The molecule has 3 aromatic rings. The minimum atomic E-state index is 0.881. The van der Waals surface area contributed by atoms with Crippen LogP contribution >= 0.6 is 27.3 Å². The highest BCUT2D eigenvalue weighted by Crippen LogP contribution is 2.25. The third-order valence-corrected chi connectivity index (χ3v) is 4.94. The van der Waals surface area contributed by atoms with Crippen LogP contribution in [-0.4, -0.2) is 0 Å². The Bertz CT molecular complexity index is 690. The highest BCUT2D eigenvalue weighted by molar-refractivity contribution is 9.10. The third-order valence-electron chi connectivity index (χ3n) is 3.15. The van der Waals surface area contributed by atoms with Crippen LogP contribution in [0.5, 0.6) is 0 Å². The van der Waals surface area contributed by atoms with E-state index in [1.54, 1.807) is 0 Å². The van der Waals surface area contributed by atoms with E-state index in [1.165, 1.54) is 21.2 Å². The van der Waals surface area contributed by atoms with Crippen LogP contribution in [0.1, 0.15) is 11.1 Å². The SMILES string of the molecule is Brc1ccccc1CNCc1csc2ccccc12. The Hall–Kier alpha value is -1.16. The Morgan fingerprint density at radius 1 is 0.895 bits per heavy atom. The second kappa shape index (κ2) is 5.87. The molecule has 0 saturated carbocycles. The molecule has 1 heterocycles. The summed E-state index contributed by atoms with van der Waals surface area (Å²) in [5.74, 6) is 0. The summed E-state index contributed by atoms with van der Waals surface area (Å²) < 4.78 is 2.53. The van der Waals surface area contributed by atoms with Crippen molar-refractivity contribution in [1.29, 1.82) is 0 Å². The van der Waals surface area contributed by atoms with Crippen LogP contribution in [0.3, 0.4) is 0 Å². The van der Waals surface area contributed by atoms with Crippen LogP contribution in [0.15, 0.2) is 58.4 Å². The molecule has 1 aromatic heterocycles. The van der Waals surface area contributed by atoms with Crippen molar-refractivity contribution in [3.63, 3.8) is 0 Å². The topological polar surface area (TPSA) is 12.0 Å². The molecular formula is C16H14BrNS. The largest absolute Gasteiger partial charge is 0.309 e. The smallest absolute Gasteiger partial charge is 0.0346 e. The van der Waals surface area contributed by atoms with Crippen LogP contribution in [0.25, 0.3) is 10.1 Å². The normalized spacial score (nSPS) is 11.0. The van der Waals surface area contributed by atoms with Gasteiger partial charge in [0.1, 0.15) is 0 Å². The lowest BCUT2D eigenvalue weighted by Crippen LogP contribution is -2.12. The number of thiophene rings is 1. The molecule has 0 unspecified atom stereocenters. The van der Waals surface area contributed by atoms with E-state index in [4.69, 9.17) is 0 Å². The van der Waals surface area contributed by atoms with Gasteiger partial charge in [-0.2, -0.15) is 0 Å². The van der Waals surface area contributed by atoms with Crippen molar-refractivity contribution >= 4 is 37.4 Å². The first-order valence-electron chi connectivity index (χ1n) is 6.24. The van der Waals surface area contributed by atoms with Crippen molar-refractivity contribution in [2.75, 3.05) is 0 Å². The van der Waals surface area contributed by atoms with Gasteiger partial charge in [0.25, 0.3) is 0 Å². The lowest BCUT2D eigenvalue weighted by Gasteiger charge is -2.06. The molecule has 3 rings (SSSR count). The quantitative estimate of drug-likeness (QED) is 0.712. The lowest BCUT2D eigenvalue weighted by molar-refractivity contribution is 0.696. The Morgan fingerprint density at radius 3 is 2.53 bits per heavy atom. The predicted molar refractivity (Wildman–Crippen MR) is 86.5 cm³/mol. The van der Waals surface area contributed by atoms with Gasteiger partial charge in [0.15, 0.2) is 0 Å². The van der Waals surface area contributed by atoms with Gasteiger partial charge in [-0.3, -0.25) is 0 Å². The average molecular weight is 332 g/mol. The van der Waals surface area contributed by atoms with Gasteiger partial charge < -0.3 is 5.32 Å². The second-order valence-electron chi connectivity index (χ2n) is 4.45. The van der Waals surface area contributed by atoms with Crippen molar-refractivity contribution < 1.29 is 0 Å². The minimum Gasteiger partial charge on any atom is -0.309 e. The summed E-state index contributed by atoms with van der Waals surface area (Å²) in [6.07, 6.45) is 0. The summed E-state index contributed by atoms with van der Waals surface area (Å²) >= 11 is 5.39. The zero-order valence-corrected chi connectivity index (χ0v) is 12.8. The van der Waals surface area contributed by atoms with Crippen molar-refractivity contribution in [1.82, 2.24) is 5.32 Å². The van der Waals surface area contributed by atoms with E-state index in [-0.39, 0.29) is 0 Å². The molecule has 0 aliphatic heterocycles. The monoisotopic (exact) mass is 331 g/mol. The number of fused-ring (bicyclic) bond motifs is 1. The van der Waals surface area contributed by atoms with E-state index >= 15 is 0 Å². The van der Waals surface area contributed by atoms with Crippen molar-refractivity contribution in [2.45, 2.75) is 13.1 Å². The first-order valence-corrected chi connectivity index (χ1v) is 7.91. The minimum absolute atomic E-state index is 0.881. The summed E-state index contributed by atoms with van der Waals surface area (Å²) in [6, 6.07) is 16.9. The molecule has 1 N–H and O–H groups in total. The highest BCUT2D eigenvalue weighted by atomic mass is 79.9. The molecular weight excluding hydrogens is 318 g/mol. The van der Waals surface area contributed by atoms with Crippen molar-refractivity contribution in [3.8, 4) is 0 Å². The van der Waals surface area contributed by atoms with Crippen LogP contribution in [-0.2, 0) is 13.1 Å². The summed E-state index contributed by atoms with van der Waals surface area (Å²) in [6.45, 7) is 1.79. The molecule has 0 spiro atoms. The average Bonchev–Trinajstić information content (AvgIpc) is 2.85. The predicted octanol–water partition coefficient (Wildman–Crippen LogP) is 4.95. The molecule has 0 radical (unpaired) electrons. The molecule has 0 bridgehead atoms. The molecule has 0 aliphatic carbocycles. The van der Waals surface area contributed by atoms with E-state index in [9.17, 15) is 0 Å². The van der Waals surface area contributed by atoms with Crippen LogP contribution in [0.4, 0.5) is 0 Å². The van der Waals surface area contributed by atoms with E-state index < -0.39 is 0 Å². The van der Waals surface area contributed by atoms with E-state index in [1.807, 2.05) is 17.4 Å². The fourth-order valence-corrected chi connectivity index (χ4v) is 3.53. The standard InChI is InChI=1S/C16H14BrNS/c17-15-7-3-1-5-12(15)9-18-10-13-11-19-16-8-4-2-6-14(13)16/h1-8,11,18H,9-10H2. The maximum Gasteiger partial charge on any atom is 0.0346 e. The zero-order valence-electron chi connectivity index (χ0n) is 10.4. The number of halogens is 1. The molecule has 0 amide bonds. The molecule has 0 saturated heterocycles. The number of rotatable bonds is 4. The summed E-state index contributed by atoms with van der Waals surface area (Å²) in [5.41, 5.74) is 2.68. The van der Waals surface area contributed by atoms with Gasteiger partial charge >= 0.3 is 0 Å². The van der Waals surface area contributed by atoms with Crippen LogP contribution < -0.4 is 5.32 Å². The van der Waals surface area contributed by atoms with Crippen molar-refractivity contribution in [2.24, 2.45) is 0 Å². The third kappa shape index (κ3) is 2.89. The molecule has 0 aliphatic rings. The Labute approximate surface area is 125 Å². The Morgan fingerprint density at radius 2 is 1.63 bits per heavy atom. The van der Waals surface area contributed by atoms with E-state index in [0.29, 0.717) is 0 Å². The van der Waals surface area contributed by atoms with Gasteiger partial charge in [-0.1, -0.05) is 52.3 Å². The molecule has 96 valence electrons. The highest BCUT2D eigenvalue weighted by Gasteiger charge is 2.03. The van der Waals surface area contributed by atoms with Gasteiger partial charge in [-0.15, -0.1) is 11.3 Å². The molecule has 19 heavy (non-hydrogen) atoms. The summed E-state index contributed by atoms with van der Waals surface area (Å²) in [7, 11) is 0. The van der Waals surface area contributed by atoms with Gasteiger partial charge in [-0.05, 0) is 34.0 Å². The van der Waals surface area contributed by atoms with Gasteiger partial charge in [-0.25, -0.2) is 0 Å². The maximum absolute atomic E-state index is 3.58. The fraction of sp³-hybridized carbons (Fsp3) is 0.125. The number of hydrogen-bond acceptors (Lipinski definition) is 2. The number of benzene rings is 2. The molecule has 0 atom stereocenters. The fourth-order valence-electron chi connectivity index (χ4n) is 2.14. The second-order valence-corrected chi connectivity index (χ2v) is 6.22. The van der Waals surface area contributed by atoms with Gasteiger partial charge in [0.2, 0.25) is 0 Å². The van der Waals surface area contributed by atoms with Crippen LogP contribution in [0, 0.1) is 0 Å². The van der Waals surface area contributed by atoms with E-state index in [2.05, 4.69) is 69.1 Å². The number of hydrogen-bond donors (Lipinski definition) is 1. The van der Waals surface area contributed by atoms with Crippen molar-refractivity contribution in [3.05, 3.63) is 69.5 Å².